The van der Waals surface area contributed by atoms with Gasteiger partial charge < -0.3 is 34.2 Å². The molecule has 6 atom stereocenters. The molecule has 3 amide bonds. The van der Waals surface area contributed by atoms with Gasteiger partial charge in [0.2, 0.25) is 11.8 Å². The molecule has 244 valence electrons. The van der Waals surface area contributed by atoms with Gasteiger partial charge in [0.05, 0.1) is 36.7 Å². The van der Waals surface area contributed by atoms with Crippen LogP contribution >= 0.6 is 0 Å². The van der Waals surface area contributed by atoms with Gasteiger partial charge in [0, 0.05) is 43.2 Å². The molecule has 1 spiro atoms. The Bertz CT molecular complexity index is 1540. The highest BCUT2D eigenvalue weighted by molar-refractivity contribution is 6.07. The summed E-state index contributed by atoms with van der Waals surface area (Å²) in [5.74, 6) is -2.10. The van der Waals surface area contributed by atoms with Crippen LogP contribution in [-0.4, -0.2) is 90.4 Å². The number of aliphatic hydroxyl groups excluding tert-OH is 1. The Morgan fingerprint density at radius 3 is 2.04 bits per heavy atom. The normalized spacial score (nSPS) is 29.3. The molecule has 4 aliphatic heterocycles. The molecule has 46 heavy (non-hydrogen) atoms. The molecule has 4 aliphatic rings. The lowest BCUT2D eigenvalue weighted by molar-refractivity contribution is -0.147. The minimum Gasteiger partial charge on any atom is -0.494 e. The molecule has 2 aromatic rings. The second kappa shape index (κ2) is 12.2. The van der Waals surface area contributed by atoms with Crippen molar-refractivity contribution in [3.05, 3.63) is 72.8 Å². The summed E-state index contributed by atoms with van der Waals surface area (Å²) < 4.78 is 12.5. The largest absolute Gasteiger partial charge is 0.494 e. The Hall–Kier alpha value is -4.15. The summed E-state index contributed by atoms with van der Waals surface area (Å²) in [5, 5.41) is 10.3. The van der Waals surface area contributed by atoms with Gasteiger partial charge in [-0.05, 0) is 83.1 Å². The summed E-state index contributed by atoms with van der Waals surface area (Å²) in [6.07, 6.45) is 7.46. The number of likely N-dealkylation sites (tertiary alicyclic amines) is 1. The highest BCUT2D eigenvalue weighted by Gasteiger charge is 2.75. The molecule has 2 fully saturated rings. The zero-order valence-corrected chi connectivity index (χ0v) is 27.3. The van der Waals surface area contributed by atoms with Crippen LogP contribution < -0.4 is 19.4 Å². The number of carbonyl (C=O) groups excluding carboxylic acids is 3. The van der Waals surface area contributed by atoms with E-state index >= 15 is 0 Å². The zero-order valence-electron chi connectivity index (χ0n) is 27.3. The lowest BCUT2D eigenvalue weighted by atomic mass is 9.74. The van der Waals surface area contributed by atoms with Crippen molar-refractivity contribution in [2.75, 3.05) is 54.1 Å². The standard InChI is InChI=1S/C36H44N4O6/c1-6-37(7-2)25-11-13-26(14-12-25)39-22-10-20-36-30(33(43)40(24(4)23-41)31(36)34(39)44)29-32(42)38(21-9-19-35(29,5)46-36)27-15-17-28(18-16-27)45-8-3/h9-20,24,29-31,41H,6-8,21-23H2,1-5H3/t24-,29-,30+,31?,35+,36+/m1/s1. The molecule has 4 heterocycles. The van der Waals surface area contributed by atoms with Gasteiger partial charge in [0.1, 0.15) is 17.4 Å². The quantitative estimate of drug-likeness (QED) is 0.422. The van der Waals surface area contributed by atoms with Crippen LogP contribution in [0.25, 0.3) is 0 Å². The summed E-state index contributed by atoms with van der Waals surface area (Å²) in [7, 11) is 0. The maximum Gasteiger partial charge on any atom is 0.253 e. The summed E-state index contributed by atoms with van der Waals surface area (Å²) in [5.41, 5.74) is -0.113. The molecule has 10 nitrogen and oxygen atoms in total. The van der Waals surface area contributed by atoms with Gasteiger partial charge >= 0.3 is 0 Å². The molecule has 0 radical (unpaired) electrons. The van der Waals surface area contributed by atoms with E-state index in [4.69, 9.17) is 9.47 Å². The Morgan fingerprint density at radius 2 is 1.46 bits per heavy atom. The Kier molecular flexibility index (Phi) is 8.45. The van der Waals surface area contributed by atoms with Gasteiger partial charge in [0.25, 0.3) is 5.91 Å². The van der Waals surface area contributed by atoms with Gasteiger partial charge in [-0.3, -0.25) is 14.4 Å². The molecule has 0 bridgehead atoms. The van der Waals surface area contributed by atoms with Gasteiger partial charge in [-0.2, -0.15) is 0 Å². The number of nitrogens with zero attached hydrogens (tertiary/aromatic N) is 4. The topological polar surface area (TPSA) is 103 Å². The van der Waals surface area contributed by atoms with Crippen LogP contribution in [0, 0.1) is 11.8 Å². The van der Waals surface area contributed by atoms with Crippen molar-refractivity contribution in [1.29, 1.82) is 0 Å². The van der Waals surface area contributed by atoms with Crippen LogP contribution in [0.3, 0.4) is 0 Å². The number of ether oxygens (including phenoxy) is 2. The molecule has 0 saturated carbocycles. The van der Waals surface area contributed by atoms with E-state index in [0.29, 0.717) is 30.3 Å². The molecule has 0 aliphatic carbocycles. The summed E-state index contributed by atoms with van der Waals surface area (Å²) >= 11 is 0. The van der Waals surface area contributed by atoms with E-state index in [9.17, 15) is 19.5 Å². The van der Waals surface area contributed by atoms with Gasteiger partial charge in [-0.1, -0.05) is 24.3 Å². The number of fused-ring (bicyclic) bond motifs is 2. The first-order valence-electron chi connectivity index (χ1n) is 16.3. The minimum atomic E-state index is -1.41. The molecule has 1 N–H and O–H groups in total. The Balaban J connectivity index is 1.40. The second-order valence-electron chi connectivity index (χ2n) is 12.6. The van der Waals surface area contributed by atoms with E-state index in [1.54, 1.807) is 16.7 Å². The Labute approximate surface area is 270 Å². The minimum absolute atomic E-state index is 0.252. The smallest absolute Gasteiger partial charge is 0.253 e. The lowest BCUT2D eigenvalue weighted by Gasteiger charge is -2.39. The predicted octanol–water partition coefficient (Wildman–Crippen LogP) is 3.79. The Morgan fingerprint density at radius 1 is 0.870 bits per heavy atom. The average Bonchev–Trinajstić information content (AvgIpc) is 3.33. The third-order valence-corrected chi connectivity index (χ3v) is 9.98. The summed E-state index contributed by atoms with van der Waals surface area (Å²) in [6, 6.07) is 13.4. The van der Waals surface area contributed by atoms with Crippen LogP contribution in [0.1, 0.15) is 34.6 Å². The highest BCUT2D eigenvalue weighted by atomic mass is 16.5. The summed E-state index contributed by atoms with van der Waals surface area (Å²) in [6.45, 7) is 12.2. The van der Waals surface area contributed by atoms with Crippen LogP contribution in [0.5, 0.6) is 5.75 Å². The molecule has 0 aromatic heterocycles. The van der Waals surface area contributed by atoms with Crippen LogP contribution in [0.4, 0.5) is 17.1 Å². The SMILES string of the molecule is CCOc1ccc(N2CC=C[C@]3(C)O[C@]45C=CCN(c6ccc(N(CC)CC)cc6)C(=O)C4N([C@H](C)CO)C(=O)[C@@H]5[C@@H]3C2=O)cc1. The first-order chi connectivity index (χ1) is 22.1. The fourth-order valence-electron chi connectivity index (χ4n) is 7.81. The number of rotatable bonds is 9. The van der Waals surface area contributed by atoms with Crippen molar-refractivity contribution < 1.29 is 29.0 Å². The number of anilines is 3. The van der Waals surface area contributed by atoms with Crippen LogP contribution in [0.2, 0.25) is 0 Å². The number of aliphatic hydroxyl groups is 1. The van der Waals surface area contributed by atoms with Gasteiger partial charge in [-0.25, -0.2) is 0 Å². The third-order valence-electron chi connectivity index (χ3n) is 9.98. The molecule has 2 saturated heterocycles. The van der Waals surface area contributed by atoms with E-state index in [0.717, 1.165) is 18.8 Å². The van der Waals surface area contributed by atoms with E-state index < -0.39 is 35.1 Å². The lowest BCUT2D eigenvalue weighted by Crippen LogP contribution is -2.58. The molecule has 2 aromatic carbocycles. The maximum absolute atomic E-state index is 14.7. The molecule has 6 rings (SSSR count). The van der Waals surface area contributed by atoms with Gasteiger partial charge in [0.15, 0.2) is 0 Å². The van der Waals surface area contributed by atoms with E-state index in [-0.39, 0.29) is 30.9 Å². The maximum atomic E-state index is 14.7. The van der Waals surface area contributed by atoms with Crippen molar-refractivity contribution in [1.82, 2.24) is 4.90 Å². The number of amides is 3. The van der Waals surface area contributed by atoms with Crippen molar-refractivity contribution in [2.45, 2.75) is 57.9 Å². The van der Waals surface area contributed by atoms with Crippen molar-refractivity contribution in [3.63, 3.8) is 0 Å². The van der Waals surface area contributed by atoms with E-state index in [1.165, 1.54) is 4.90 Å². The van der Waals surface area contributed by atoms with E-state index in [1.807, 2.05) is 86.7 Å². The summed E-state index contributed by atoms with van der Waals surface area (Å²) in [4.78, 5) is 50.8. The average molecular weight is 629 g/mol. The van der Waals surface area contributed by atoms with Gasteiger partial charge in [-0.15, -0.1) is 0 Å². The third kappa shape index (κ3) is 4.89. The molecular formula is C36H44N4O6. The van der Waals surface area contributed by atoms with Crippen molar-refractivity contribution >= 4 is 34.8 Å². The number of hydrogen-bond acceptors (Lipinski definition) is 7. The molecular weight excluding hydrogens is 584 g/mol. The fraction of sp³-hybridized carbons (Fsp3) is 0.472. The van der Waals surface area contributed by atoms with Crippen LogP contribution in [-0.2, 0) is 19.1 Å². The monoisotopic (exact) mass is 628 g/mol. The molecule has 1 unspecified atom stereocenters. The fourth-order valence-corrected chi connectivity index (χ4v) is 7.81. The van der Waals surface area contributed by atoms with Crippen molar-refractivity contribution in [3.8, 4) is 5.75 Å². The van der Waals surface area contributed by atoms with Crippen LogP contribution in [0.15, 0.2) is 72.8 Å². The van der Waals surface area contributed by atoms with Crippen molar-refractivity contribution in [2.24, 2.45) is 11.8 Å². The number of hydrogen-bond donors (Lipinski definition) is 1. The first kappa shape index (κ1) is 31.8. The zero-order chi connectivity index (χ0) is 32.8. The predicted molar refractivity (Wildman–Crippen MR) is 177 cm³/mol. The second-order valence-corrected chi connectivity index (χ2v) is 12.6. The molecule has 10 heteroatoms. The number of benzene rings is 2. The van der Waals surface area contributed by atoms with E-state index in [2.05, 4.69) is 18.7 Å². The highest BCUT2D eigenvalue weighted by Crippen LogP contribution is 2.58. The number of carbonyl (C=O) groups is 3. The first-order valence-corrected chi connectivity index (χ1v) is 16.3.